The molecule has 22 heavy (non-hydrogen) atoms. The molecule has 1 heterocycles. The van der Waals surface area contributed by atoms with Crippen LogP contribution in [0, 0.1) is 17.8 Å². The third-order valence-corrected chi connectivity index (χ3v) is 5.47. The van der Waals surface area contributed by atoms with Gasteiger partial charge in [0.2, 0.25) is 0 Å². The second-order valence-electron chi connectivity index (χ2n) is 6.91. The summed E-state index contributed by atoms with van der Waals surface area (Å²) in [5, 5.41) is 15.4. The Morgan fingerprint density at radius 3 is 2.59 bits per heavy atom. The van der Waals surface area contributed by atoms with E-state index in [-0.39, 0.29) is 24.6 Å². The quantitative estimate of drug-likeness (QED) is 0.792. The molecule has 3 saturated carbocycles. The predicted molar refractivity (Wildman–Crippen MR) is 81.4 cm³/mol. The Morgan fingerprint density at radius 2 is 1.91 bits per heavy atom. The number of nitrogens with one attached hydrogen (secondary N) is 2. The average molecular weight is 302 g/mol. The Kier molecular flexibility index (Phi) is 3.48. The first kappa shape index (κ1) is 13.9. The monoisotopic (exact) mass is 302 g/mol. The van der Waals surface area contributed by atoms with Crippen molar-refractivity contribution in [1.29, 1.82) is 0 Å². The van der Waals surface area contributed by atoms with Crippen LogP contribution in [0.4, 0.5) is 10.5 Å². The van der Waals surface area contributed by atoms with Crippen molar-refractivity contribution < 1.29 is 9.90 Å². The number of urea groups is 1. The molecule has 118 valence electrons. The van der Waals surface area contributed by atoms with Gasteiger partial charge in [0.25, 0.3) is 0 Å². The van der Waals surface area contributed by atoms with Crippen molar-refractivity contribution in [3.05, 3.63) is 18.2 Å². The van der Waals surface area contributed by atoms with Crippen molar-refractivity contribution in [2.45, 2.75) is 44.1 Å². The van der Waals surface area contributed by atoms with E-state index in [0.717, 1.165) is 18.7 Å². The maximum atomic E-state index is 12.2. The zero-order valence-electron chi connectivity index (χ0n) is 12.5. The fourth-order valence-corrected chi connectivity index (χ4v) is 4.17. The van der Waals surface area contributed by atoms with E-state index >= 15 is 0 Å². The number of anilines is 1. The highest BCUT2D eigenvalue weighted by Crippen LogP contribution is 2.48. The van der Waals surface area contributed by atoms with Crippen LogP contribution in [-0.2, 0) is 0 Å². The normalized spacial score (nSPS) is 33.0. The average Bonchev–Trinajstić information content (AvgIpc) is 3.18. The van der Waals surface area contributed by atoms with Gasteiger partial charge in [0.15, 0.2) is 0 Å². The van der Waals surface area contributed by atoms with E-state index < -0.39 is 0 Å². The summed E-state index contributed by atoms with van der Waals surface area (Å²) in [6, 6.07) is -0.130. The second kappa shape index (κ2) is 5.50. The zero-order chi connectivity index (χ0) is 15.1. The van der Waals surface area contributed by atoms with Crippen LogP contribution in [-0.4, -0.2) is 33.8 Å². The SMILES string of the molecule is O=C(Nc1cnc(C2CC2)nc1)NC1C2CCC(C2)C1CO. The highest BCUT2D eigenvalue weighted by atomic mass is 16.3. The largest absolute Gasteiger partial charge is 0.396 e. The van der Waals surface area contributed by atoms with Crippen molar-refractivity contribution >= 4 is 11.7 Å². The molecular weight excluding hydrogens is 280 g/mol. The van der Waals surface area contributed by atoms with Crippen LogP contribution in [0.2, 0.25) is 0 Å². The van der Waals surface area contributed by atoms with E-state index in [4.69, 9.17) is 0 Å². The van der Waals surface area contributed by atoms with Crippen LogP contribution in [0.3, 0.4) is 0 Å². The molecule has 6 nitrogen and oxygen atoms in total. The number of carbonyl (C=O) groups is 1. The Balaban J connectivity index is 1.36. The summed E-state index contributed by atoms with van der Waals surface area (Å²) < 4.78 is 0. The number of aliphatic hydroxyl groups is 1. The summed E-state index contributed by atoms with van der Waals surface area (Å²) in [5.74, 6) is 2.68. The number of amides is 2. The zero-order valence-corrected chi connectivity index (χ0v) is 12.5. The summed E-state index contributed by atoms with van der Waals surface area (Å²) >= 11 is 0. The molecule has 2 amide bonds. The standard InChI is InChI=1S/C16H22N4O2/c21-8-13-10-3-4-11(5-10)14(13)20-16(22)19-12-6-17-15(18-7-12)9-1-2-9/h6-7,9-11,13-14,21H,1-5,8H2,(H2,19,20,22). The third kappa shape index (κ3) is 2.56. The third-order valence-electron chi connectivity index (χ3n) is 5.47. The molecule has 0 spiro atoms. The number of rotatable bonds is 4. The van der Waals surface area contributed by atoms with Crippen molar-refractivity contribution in [2.24, 2.45) is 17.8 Å². The van der Waals surface area contributed by atoms with Crippen molar-refractivity contribution in [1.82, 2.24) is 15.3 Å². The van der Waals surface area contributed by atoms with Gasteiger partial charge < -0.3 is 15.7 Å². The maximum Gasteiger partial charge on any atom is 0.319 e. The Bertz CT molecular complexity index is 558. The van der Waals surface area contributed by atoms with Crippen LogP contribution in [0.25, 0.3) is 0 Å². The summed E-state index contributed by atoms with van der Waals surface area (Å²) in [6.45, 7) is 0.158. The highest BCUT2D eigenvalue weighted by Gasteiger charge is 2.47. The Morgan fingerprint density at radius 1 is 1.18 bits per heavy atom. The number of nitrogens with zero attached hydrogens (tertiary/aromatic N) is 2. The van der Waals surface area contributed by atoms with Crippen LogP contribution in [0.15, 0.2) is 12.4 Å². The number of hydrogen-bond donors (Lipinski definition) is 3. The highest BCUT2D eigenvalue weighted by molar-refractivity contribution is 5.89. The molecule has 3 fully saturated rings. The lowest BCUT2D eigenvalue weighted by Gasteiger charge is -2.30. The predicted octanol–water partition coefficient (Wildman–Crippen LogP) is 1.88. The van der Waals surface area contributed by atoms with Gasteiger partial charge >= 0.3 is 6.03 Å². The Hall–Kier alpha value is -1.69. The first-order valence-corrected chi connectivity index (χ1v) is 8.25. The minimum atomic E-state index is -0.223. The summed E-state index contributed by atoms with van der Waals surface area (Å²) in [7, 11) is 0. The fourth-order valence-electron chi connectivity index (χ4n) is 4.17. The van der Waals surface area contributed by atoms with Crippen LogP contribution in [0.1, 0.15) is 43.8 Å². The molecule has 6 heteroatoms. The number of aromatic nitrogens is 2. The molecule has 4 unspecified atom stereocenters. The van der Waals surface area contributed by atoms with Crippen LogP contribution in [0.5, 0.6) is 0 Å². The molecule has 3 aliphatic carbocycles. The summed E-state index contributed by atoms with van der Waals surface area (Å²) in [4.78, 5) is 20.8. The summed E-state index contributed by atoms with van der Waals surface area (Å²) in [6.07, 6.45) is 9.15. The van der Waals surface area contributed by atoms with Gasteiger partial charge in [-0.1, -0.05) is 0 Å². The first-order valence-electron chi connectivity index (χ1n) is 8.25. The minimum Gasteiger partial charge on any atom is -0.396 e. The number of carbonyl (C=O) groups excluding carboxylic acids is 1. The molecule has 2 bridgehead atoms. The topological polar surface area (TPSA) is 87.1 Å². The van der Waals surface area contributed by atoms with Crippen LogP contribution >= 0.6 is 0 Å². The van der Waals surface area contributed by atoms with Gasteiger partial charge in [-0.3, -0.25) is 0 Å². The minimum absolute atomic E-state index is 0.0930. The van der Waals surface area contributed by atoms with Gasteiger partial charge in [0.1, 0.15) is 5.82 Å². The molecule has 0 aliphatic heterocycles. The Labute approximate surface area is 129 Å². The van der Waals surface area contributed by atoms with Gasteiger partial charge in [-0.25, -0.2) is 14.8 Å². The molecule has 4 atom stereocenters. The van der Waals surface area contributed by atoms with E-state index in [1.165, 1.54) is 19.3 Å². The van der Waals surface area contributed by atoms with E-state index in [9.17, 15) is 9.90 Å². The van der Waals surface area contributed by atoms with E-state index in [2.05, 4.69) is 20.6 Å². The molecular formula is C16H22N4O2. The van der Waals surface area contributed by atoms with E-state index in [0.29, 0.717) is 23.4 Å². The number of hydrogen-bond acceptors (Lipinski definition) is 4. The molecule has 0 radical (unpaired) electrons. The second-order valence-corrected chi connectivity index (χ2v) is 6.91. The van der Waals surface area contributed by atoms with Gasteiger partial charge in [0.05, 0.1) is 18.1 Å². The van der Waals surface area contributed by atoms with Crippen molar-refractivity contribution in [3.63, 3.8) is 0 Å². The number of aliphatic hydroxyl groups excluding tert-OH is 1. The van der Waals surface area contributed by atoms with E-state index in [1.54, 1.807) is 12.4 Å². The number of fused-ring (bicyclic) bond motifs is 2. The van der Waals surface area contributed by atoms with Gasteiger partial charge in [-0.15, -0.1) is 0 Å². The van der Waals surface area contributed by atoms with Crippen LogP contribution < -0.4 is 10.6 Å². The molecule has 3 aliphatic rings. The molecule has 1 aromatic rings. The maximum absolute atomic E-state index is 12.2. The molecule has 0 saturated heterocycles. The van der Waals surface area contributed by atoms with Gasteiger partial charge in [0, 0.05) is 24.5 Å². The lowest BCUT2D eigenvalue weighted by atomic mass is 9.85. The fraction of sp³-hybridized carbons (Fsp3) is 0.688. The van der Waals surface area contributed by atoms with Crippen molar-refractivity contribution in [2.75, 3.05) is 11.9 Å². The van der Waals surface area contributed by atoms with E-state index in [1.807, 2.05) is 0 Å². The lowest BCUT2D eigenvalue weighted by molar-refractivity contribution is 0.146. The van der Waals surface area contributed by atoms with Crippen molar-refractivity contribution in [3.8, 4) is 0 Å². The van der Waals surface area contributed by atoms with Gasteiger partial charge in [-0.2, -0.15) is 0 Å². The molecule has 4 rings (SSSR count). The lowest BCUT2D eigenvalue weighted by Crippen LogP contribution is -2.46. The molecule has 0 aromatic carbocycles. The van der Waals surface area contributed by atoms with Gasteiger partial charge in [-0.05, 0) is 43.9 Å². The summed E-state index contributed by atoms with van der Waals surface area (Å²) in [5.41, 5.74) is 0.616. The molecule has 3 N–H and O–H groups in total. The molecule has 1 aromatic heterocycles. The first-order chi connectivity index (χ1) is 10.7. The smallest absolute Gasteiger partial charge is 0.319 e.